The molecule has 0 aromatic heterocycles. The van der Waals surface area contributed by atoms with Crippen molar-refractivity contribution in [2.45, 2.75) is 155 Å². The molecule has 0 spiro atoms. The van der Waals surface area contributed by atoms with E-state index in [4.69, 9.17) is 43.6 Å². The molecule has 28 heteroatoms. The molecular weight excluding hydrogens is 1380 g/mol. The zero-order valence-corrected chi connectivity index (χ0v) is 62.0. The summed E-state index contributed by atoms with van der Waals surface area (Å²) in [6.45, 7) is 12.2. The number of para-hydroxylation sites is 1. The maximum Gasteiger partial charge on any atom is 0.410 e. The first-order valence-corrected chi connectivity index (χ1v) is 37.6. The van der Waals surface area contributed by atoms with Gasteiger partial charge in [0.2, 0.25) is 35.3 Å². The zero-order chi connectivity index (χ0) is 76.3. The quantitative estimate of drug-likeness (QED) is 0.0294. The van der Waals surface area contributed by atoms with Gasteiger partial charge in [-0.05, 0) is 115 Å². The predicted molar refractivity (Wildman–Crippen MR) is 394 cm³/mol. The van der Waals surface area contributed by atoms with E-state index in [0.29, 0.717) is 63.5 Å². The van der Waals surface area contributed by atoms with Gasteiger partial charge in [-0.3, -0.25) is 33.6 Å². The Morgan fingerprint density at radius 1 is 0.720 bits per heavy atom. The van der Waals surface area contributed by atoms with Gasteiger partial charge in [0.05, 0.1) is 77.3 Å². The van der Waals surface area contributed by atoms with Crippen LogP contribution in [-0.2, 0) is 84.6 Å². The van der Waals surface area contributed by atoms with Crippen LogP contribution < -0.4 is 37.2 Å². The monoisotopic (exact) mass is 1480 g/mol. The van der Waals surface area contributed by atoms with Gasteiger partial charge in [0.15, 0.2) is 24.3 Å². The second-order valence-corrected chi connectivity index (χ2v) is 29.2. The largest absolute Gasteiger partial charge is 0.445 e. The van der Waals surface area contributed by atoms with Crippen LogP contribution in [0, 0.1) is 34.5 Å². The molecule has 9 amide bonds. The second kappa shape index (κ2) is 37.8. The molecule has 0 bridgehead atoms. The lowest BCUT2D eigenvalue weighted by molar-refractivity contribution is -0.200. The van der Waals surface area contributed by atoms with Crippen molar-refractivity contribution in [3.63, 3.8) is 0 Å². The highest BCUT2D eigenvalue weighted by Crippen LogP contribution is 2.70. The molecule has 4 unspecified atom stereocenters. The average Bonchev–Trinajstić information content (AvgIpc) is 1.53. The number of amides is 9. The molecule has 10 rings (SSSR count). The van der Waals surface area contributed by atoms with Crippen molar-refractivity contribution in [1.82, 2.24) is 31.1 Å². The number of nitrogens with zero attached hydrogens (tertiary/aromatic N) is 3. The highest BCUT2D eigenvalue weighted by Gasteiger charge is 2.76. The van der Waals surface area contributed by atoms with Gasteiger partial charge in [-0.1, -0.05) is 119 Å². The Balaban J connectivity index is 0.580. The number of nitrogens with two attached hydrogens (primary N) is 1. The van der Waals surface area contributed by atoms with Crippen LogP contribution in [-0.4, -0.2) is 209 Å². The van der Waals surface area contributed by atoms with E-state index in [1.165, 1.54) is 9.80 Å². The summed E-state index contributed by atoms with van der Waals surface area (Å²) in [6.07, 6.45) is 9.97. The van der Waals surface area contributed by atoms with Crippen molar-refractivity contribution < 1.29 is 90.9 Å². The number of hydrogen-bond donors (Lipinski definition) is 7. The average molecular weight is 1480 g/mol. The van der Waals surface area contributed by atoms with E-state index in [9.17, 15) is 53.1 Å². The van der Waals surface area contributed by atoms with Crippen molar-refractivity contribution >= 4 is 82.8 Å². The highest BCUT2D eigenvalue weighted by atomic mass is 16.7. The summed E-state index contributed by atoms with van der Waals surface area (Å²) in [5, 5.41) is 25.7. The Kier molecular flexibility index (Phi) is 28.5. The first-order chi connectivity index (χ1) is 51.5. The molecular formula is C79H105N9O19. The predicted octanol–water partition coefficient (Wildman–Crippen LogP) is 6.90. The van der Waals surface area contributed by atoms with Crippen LogP contribution >= 0.6 is 0 Å². The molecule has 3 aliphatic heterocycles. The maximum atomic E-state index is 14.8. The number of piperazine rings is 1. The number of carbonyl (C=O) groups excluding carboxylic acids is 10. The van der Waals surface area contributed by atoms with E-state index in [1.54, 1.807) is 55.2 Å². The summed E-state index contributed by atoms with van der Waals surface area (Å²) >= 11 is 0. The fourth-order valence-electron chi connectivity index (χ4n) is 16.4. The number of fused-ring (bicyclic) bond motifs is 9. The van der Waals surface area contributed by atoms with E-state index >= 15 is 0 Å². The lowest BCUT2D eigenvalue weighted by Gasteiger charge is -2.59. The standard InChI is InChI=1S/C79H105N9O19/c1-6-12-69-106-65-46-60-59-25-22-56-45-58(89)28-30-77(56,4)70(59)63(90)47-78(60,5)79(65,107-69)64(91)50-105-76(99)87-35-33-86(34-36-87)75(98)104-49-52-18-23-57(24-19-52)83-72(95)61(16-11-31-82-74(80)97)84-73(96)71(51(2)3)85-67(93)29-37-100-39-41-102-43-44-103-42-40-101-38-32-81-66(92)26-27-68(94)88-48-55-15-8-7-13-53(55)20-21-54-14-9-10-17-62(54)88/h7-10,13-15,17-21,23-24,28,30,45,51,59-61,63,65,69-71,90H,6,11-12,16,22,25-27,29,31-44,46-50H2,1-5H3,(H,81,92)(H,83,95)(H,84,96)(H,85,93)(H3,80,82,97)/b21-20-/t59-,60?,61?,63-,65+,69?,70?,71-,77-,78-,79+/m0/s1. The number of hydrogen-bond acceptors (Lipinski definition) is 19. The van der Waals surface area contributed by atoms with Crippen molar-refractivity contribution in [1.29, 1.82) is 0 Å². The molecule has 3 heterocycles. The third kappa shape index (κ3) is 20.1. The third-order valence-electron chi connectivity index (χ3n) is 21.9. The Labute approximate surface area is 624 Å². The minimum absolute atomic E-state index is 0.0260. The maximum absolute atomic E-state index is 14.8. The molecule has 11 atom stereocenters. The number of ether oxygens (including phenoxy) is 8. The van der Waals surface area contributed by atoms with Crippen molar-refractivity contribution in [3.05, 3.63) is 119 Å². The molecule has 107 heavy (non-hydrogen) atoms. The Hall–Kier alpha value is -8.90. The lowest BCUT2D eigenvalue weighted by atomic mass is 9.46. The fraction of sp³-hybridized carbons (Fsp3) is 0.570. The number of Topliss-reactive ketones (excluding diaryl/α,β-unsaturated/α-hetero) is 1. The number of urea groups is 1. The molecule has 7 aliphatic rings. The normalized spacial score (nSPS) is 24.8. The molecule has 3 aromatic rings. The minimum Gasteiger partial charge on any atom is -0.445 e. The smallest absolute Gasteiger partial charge is 0.410 e. The van der Waals surface area contributed by atoms with Crippen molar-refractivity contribution in [3.8, 4) is 0 Å². The van der Waals surface area contributed by atoms with Crippen LogP contribution in [0.4, 0.5) is 25.8 Å². The first kappa shape index (κ1) is 80.6. The summed E-state index contributed by atoms with van der Waals surface area (Å²) in [4.78, 5) is 137. The minimum atomic E-state index is -1.46. The number of aliphatic hydroxyl groups is 1. The van der Waals surface area contributed by atoms with Crippen LogP contribution in [0.2, 0.25) is 0 Å². The Morgan fingerprint density at radius 2 is 1.37 bits per heavy atom. The molecule has 0 radical (unpaired) electrons. The third-order valence-corrected chi connectivity index (χ3v) is 21.9. The van der Waals surface area contributed by atoms with E-state index in [2.05, 4.69) is 39.6 Å². The summed E-state index contributed by atoms with van der Waals surface area (Å²) in [5.74, 6) is -3.01. The number of primary amides is 1. The van der Waals surface area contributed by atoms with Gasteiger partial charge in [0, 0.05) is 81.0 Å². The van der Waals surface area contributed by atoms with Gasteiger partial charge >= 0.3 is 18.2 Å². The van der Waals surface area contributed by atoms with E-state index in [-0.39, 0.29) is 152 Å². The van der Waals surface area contributed by atoms with Gasteiger partial charge in [0.1, 0.15) is 18.7 Å². The van der Waals surface area contributed by atoms with E-state index in [0.717, 1.165) is 40.8 Å². The van der Waals surface area contributed by atoms with Crippen LogP contribution in [0.1, 0.15) is 128 Å². The summed E-state index contributed by atoms with van der Waals surface area (Å²) in [6, 6.07) is 19.3. The number of ketones is 2. The molecule has 2 saturated heterocycles. The molecule has 28 nitrogen and oxygen atoms in total. The summed E-state index contributed by atoms with van der Waals surface area (Å²) in [5.41, 5.74) is 8.27. The number of aliphatic hydroxyl groups excluding tert-OH is 1. The number of anilines is 2. The van der Waals surface area contributed by atoms with Crippen LogP contribution in [0.3, 0.4) is 0 Å². The van der Waals surface area contributed by atoms with Crippen LogP contribution in [0.25, 0.3) is 12.2 Å². The summed E-state index contributed by atoms with van der Waals surface area (Å²) < 4.78 is 47.0. The highest BCUT2D eigenvalue weighted by molar-refractivity contribution is 6.02. The van der Waals surface area contributed by atoms with Gasteiger partial charge in [-0.15, -0.1) is 0 Å². The van der Waals surface area contributed by atoms with Gasteiger partial charge in [0.25, 0.3) is 0 Å². The van der Waals surface area contributed by atoms with Crippen molar-refractivity contribution in [2.24, 2.45) is 40.2 Å². The van der Waals surface area contributed by atoms with Crippen molar-refractivity contribution in [2.75, 3.05) is 109 Å². The number of carbonyl (C=O) groups is 10. The summed E-state index contributed by atoms with van der Waals surface area (Å²) in [7, 11) is 0. The van der Waals surface area contributed by atoms with Crippen LogP contribution in [0.5, 0.6) is 0 Å². The van der Waals surface area contributed by atoms with E-state index < -0.39 is 95.3 Å². The van der Waals surface area contributed by atoms with Gasteiger partial charge in [-0.2, -0.15) is 0 Å². The topological polar surface area (TPSA) is 361 Å². The number of rotatable bonds is 35. The number of allylic oxidation sites excluding steroid dienone is 4. The first-order valence-electron chi connectivity index (χ1n) is 37.6. The van der Waals surface area contributed by atoms with Crippen LogP contribution in [0.15, 0.2) is 96.6 Å². The second-order valence-electron chi connectivity index (χ2n) is 29.2. The number of nitrogens with one attached hydrogen (secondary N) is 5. The molecule has 3 aromatic carbocycles. The fourth-order valence-corrected chi connectivity index (χ4v) is 16.4. The Bertz CT molecular complexity index is 3750. The van der Waals surface area contributed by atoms with E-state index in [1.807, 2.05) is 74.5 Å². The molecule has 5 fully saturated rings. The SMILES string of the molecule is CCCC1O[C@@H]2CC3[C@@H]4CCC5=CC(=O)C=C[C@]5(C)C4[C@@H](O)C[C@]3(C)[C@]2(C(=O)COC(=O)N2CCN(C(=O)OCc3ccc(NC(=O)C(CCCNC(N)=O)NC(=O)[C@@H](NC(=O)CCOCCOCCOCCOCCNC(=O)CCC(=O)N4Cc5ccccc5/C=C\c5ccccc54)C(C)C)cc3)CC2)O1. The molecule has 4 aliphatic carbocycles. The number of benzene rings is 3. The van der Waals surface area contributed by atoms with Gasteiger partial charge < -0.3 is 90.0 Å². The molecule has 3 saturated carbocycles. The van der Waals surface area contributed by atoms with Gasteiger partial charge in [-0.25, -0.2) is 14.4 Å². The Morgan fingerprint density at radius 3 is 2.07 bits per heavy atom. The lowest BCUT2D eigenvalue weighted by Crippen LogP contribution is -2.63. The molecule has 580 valence electrons. The molecule has 8 N–H and O–H groups in total. The zero-order valence-electron chi connectivity index (χ0n) is 62.0.